The molecule has 0 saturated carbocycles. The molecule has 0 heterocycles. The molecule has 0 fully saturated rings. The third-order valence-electron chi connectivity index (χ3n) is 4.24. The Bertz CT molecular complexity index is 901. The Balaban J connectivity index is 1.84. The van der Waals surface area contributed by atoms with Crippen LogP contribution in [-0.2, 0) is 6.42 Å². The fraction of sp³-hybridized carbons (Fsp3) is 0.455. The number of benzene rings is 2. The van der Waals surface area contributed by atoms with Crippen LogP contribution in [0.1, 0.15) is 44.2 Å². The van der Waals surface area contributed by atoms with Crippen LogP contribution in [0.5, 0.6) is 17.2 Å². The minimum atomic E-state index is -2.55. The maximum absolute atomic E-state index is 10.2. The summed E-state index contributed by atoms with van der Waals surface area (Å²) in [5, 5.41) is 10.2. The van der Waals surface area contributed by atoms with Gasteiger partial charge in [0.1, 0.15) is 12.4 Å². The van der Waals surface area contributed by atoms with E-state index >= 15 is 0 Å². The van der Waals surface area contributed by atoms with Crippen molar-refractivity contribution in [2.75, 3.05) is 20.8 Å². The van der Waals surface area contributed by atoms with E-state index in [0.29, 0.717) is 29.7 Å². The van der Waals surface area contributed by atoms with Crippen LogP contribution >= 0.6 is 0 Å². The molecule has 0 aliphatic rings. The fourth-order valence-electron chi connectivity index (χ4n) is 2.54. The molecule has 0 radical (unpaired) electrons. The van der Waals surface area contributed by atoms with Gasteiger partial charge in [-0.1, -0.05) is 18.5 Å². The molecule has 142 valence electrons. The van der Waals surface area contributed by atoms with Crippen LogP contribution in [0.2, 0.25) is 0 Å². The highest BCUT2D eigenvalue weighted by Crippen LogP contribution is 2.28. The van der Waals surface area contributed by atoms with Gasteiger partial charge >= 0.3 is 0 Å². The lowest BCUT2D eigenvalue weighted by Crippen LogP contribution is -2.17. The number of aliphatic hydroxyl groups is 1. The molecule has 0 bridgehead atoms. The van der Waals surface area contributed by atoms with Crippen LogP contribution in [0.15, 0.2) is 36.3 Å². The highest BCUT2D eigenvalue weighted by Gasteiger charge is 2.07. The molecule has 0 aliphatic carbocycles. The smallest absolute Gasteiger partial charge is 0.160 e. The standard InChI is InChI=1S/C22H30O4/c1-16-9-11-20(13-17(16)2)26-15-19(23)8-6-5-7-18-10-12-21(24-3)22(14-18)25-4/h9-14,19,23H,5-8,15H2,1-4H3/i3D3,9D,11D,13D. The lowest BCUT2D eigenvalue weighted by Gasteiger charge is -2.13. The van der Waals surface area contributed by atoms with Crippen molar-refractivity contribution in [1.82, 2.24) is 0 Å². The third-order valence-corrected chi connectivity index (χ3v) is 4.24. The second kappa shape index (κ2) is 10.1. The Labute approximate surface area is 165 Å². The van der Waals surface area contributed by atoms with Crippen LogP contribution in [0.25, 0.3) is 0 Å². The van der Waals surface area contributed by atoms with Gasteiger partial charge in [0.05, 0.1) is 28.5 Å². The second-order valence-electron chi connectivity index (χ2n) is 6.25. The van der Waals surface area contributed by atoms with Crippen molar-refractivity contribution in [2.24, 2.45) is 0 Å². The summed E-state index contributed by atoms with van der Waals surface area (Å²) >= 11 is 0. The summed E-state index contributed by atoms with van der Waals surface area (Å²) in [7, 11) is -1.10. The molecule has 0 aromatic heterocycles. The van der Waals surface area contributed by atoms with Crippen LogP contribution in [0.4, 0.5) is 0 Å². The minimum absolute atomic E-state index is 0.0311. The average Bonchev–Trinajstić information content (AvgIpc) is 2.73. The zero-order chi connectivity index (χ0) is 24.1. The van der Waals surface area contributed by atoms with Gasteiger partial charge in [0.15, 0.2) is 11.5 Å². The first kappa shape index (κ1) is 13.0. The van der Waals surface area contributed by atoms with E-state index < -0.39 is 13.1 Å². The average molecular weight is 365 g/mol. The molecule has 1 atom stereocenters. The predicted molar refractivity (Wildman–Crippen MR) is 105 cm³/mol. The van der Waals surface area contributed by atoms with E-state index in [-0.39, 0.29) is 36.2 Å². The number of hydrogen-bond donors (Lipinski definition) is 1. The Kier molecular flexibility index (Phi) is 5.05. The van der Waals surface area contributed by atoms with Gasteiger partial charge in [-0.05, 0) is 74.0 Å². The lowest BCUT2D eigenvalue weighted by molar-refractivity contribution is 0.0976. The summed E-state index contributed by atoms with van der Waals surface area (Å²) in [5.41, 5.74) is 2.14. The van der Waals surface area contributed by atoms with Crippen LogP contribution in [0.3, 0.4) is 0 Å². The largest absolute Gasteiger partial charge is 0.493 e. The highest BCUT2D eigenvalue weighted by atomic mass is 16.5. The van der Waals surface area contributed by atoms with Crippen molar-refractivity contribution in [3.8, 4) is 17.2 Å². The molecular weight excluding hydrogens is 328 g/mol. The van der Waals surface area contributed by atoms with Gasteiger partial charge in [-0.3, -0.25) is 0 Å². The lowest BCUT2D eigenvalue weighted by atomic mass is 10.0. The number of ether oxygens (including phenoxy) is 3. The number of rotatable bonds is 10. The summed E-state index contributed by atoms with van der Waals surface area (Å²) in [6, 6.07) is 5.08. The van der Waals surface area contributed by atoms with Gasteiger partial charge in [0.25, 0.3) is 0 Å². The van der Waals surface area contributed by atoms with Gasteiger partial charge in [0, 0.05) is 0 Å². The van der Waals surface area contributed by atoms with Gasteiger partial charge in [0.2, 0.25) is 0 Å². The Morgan fingerprint density at radius 2 is 1.96 bits per heavy atom. The number of hydrogen-bond acceptors (Lipinski definition) is 4. The van der Waals surface area contributed by atoms with Crippen molar-refractivity contribution < 1.29 is 27.5 Å². The van der Waals surface area contributed by atoms with Crippen LogP contribution in [0, 0.1) is 13.8 Å². The van der Waals surface area contributed by atoms with E-state index in [1.165, 1.54) is 7.11 Å². The van der Waals surface area contributed by atoms with Crippen molar-refractivity contribution in [2.45, 2.75) is 45.6 Å². The van der Waals surface area contributed by atoms with Crippen molar-refractivity contribution in [3.05, 3.63) is 53.0 Å². The van der Waals surface area contributed by atoms with E-state index in [4.69, 9.17) is 22.4 Å². The van der Waals surface area contributed by atoms with Gasteiger partial charge < -0.3 is 19.3 Å². The molecule has 1 unspecified atom stereocenters. The topological polar surface area (TPSA) is 47.9 Å². The molecule has 26 heavy (non-hydrogen) atoms. The molecule has 2 aromatic rings. The number of aryl methyl sites for hydroxylation is 1. The molecule has 0 aliphatic heterocycles. The van der Waals surface area contributed by atoms with E-state index in [9.17, 15) is 5.11 Å². The summed E-state index contributed by atoms with van der Waals surface area (Å²) in [5.74, 6) is 0.545. The first-order chi connectivity index (χ1) is 14.9. The molecule has 4 heteroatoms. The maximum Gasteiger partial charge on any atom is 0.160 e. The molecule has 4 nitrogen and oxygen atoms in total. The minimum Gasteiger partial charge on any atom is -0.493 e. The molecule has 0 saturated heterocycles. The normalized spacial score (nSPS) is 15.7. The first-order valence-corrected chi connectivity index (χ1v) is 8.68. The summed E-state index contributed by atoms with van der Waals surface area (Å²) in [4.78, 5) is 0. The molecule has 2 aromatic carbocycles. The predicted octanol–water partition coefficient (Wildman–Crippen LogP) is 4.47. The maximum atomic E-state index is 10.2. The summed E-state index contributed by atoms with van der Waals surface area (Å²) in [6.07, 6.45) is 1.95. The van der Waals surface area contributed by atoms with E-state index in [2.05, 4.69) is 0 Å². The first-order valence-electron chi connectivity index (χ1n) is 11.7. The molecule has 1 N–H and O–H groups in total. The van der Waals surface area contributed by atoms with Gasteiger partial charge in [-0.15, -0.1) is 0 Å². The van der Waals surface area contributed by atoms with Crippen LogP contribution in [-0.4, -0.2) is 32.0 Å². The number of unbranched alkanes of at least 4 members (excludes halogenated alkanes) is 1. The summed E-state index contributed by atoms with van der Waals surface area (Å²) in [6.45, 7) is 3.37. The van der Waals surface area contributed by atoms with Gasteiger partial charge in [-0.25, -0.2) is 0 Å². The third kappa shape index (κ3) is 5.95. The second-order valence-corrected chi connectivity index (χ2v) is 6.25. The monoisotopic (exact) mass is 364 g/mol. The van der Waals surface area contributed by atoms with Crippen molar-refractivity contribution in [3.63, 3.8) is 0 Å². The van der Waals surface area contributed by atoms with Crippen molar-refractivity contribution >= 4 is 0 Å². The quantitative estimate of drug-likeness (QED) is 0.632. The Morgan fingerprint density at radius 1 is 1.12 bits per heavy atom. The van der Waals surface area contributed by atoms with E-state index in [1.54, 1.807) is 32.0 Å². The molecule has 0 spiro atoms. The zero-order valence-corrected chi connectivity index (χ0v) is 15.5. The fourth-order valence-corrected chi connectivity index (χ4v) is 2.54. The van der Waals surface area contributed by atoms with Gasteiger partial charge in [-0.2, -0.15) is 0 Å². The molecule has 0 amide bonds. The Hall–Kier alpha value is -2.20. The SMILES string of the molecule is [2H]c1c([2H])c(OCC(O)CCCCc2ccc(OC([2H])([2H])[2H])c(OC)c2)c([2H])c(C)c1C. The molecule has 2 rings (SSSR count). The van der Waals surface area contributed by atoms with E-state index in [1.807, 2.05) is 0 Å². The molecular formula is C22H30O4. The highest BCUT2D eigenvalue weighted by molar-refractivity contribution is 5.42. The van der Waals surface area contributed by atoms with Crippen molar-refractivity contribution in [1.29, 1.82) is 0 Å². The summed E-state index contributed by atoms with van der Waals surface area (Å²) < 4.78 is 61.4. The van der Waals surface area contributed by atoms with E-state index in [0.717, 1.165) is 18.4 Å². The Morgan fingerprint density at radius 3 is 2.73 bits per heavy atom. The zero-order valence-electron chi connectivity index (χ0n) is 21.5. The number of aliphatic hydroxyl groups excluding tert-OH is 1. The van der Waals surface area contributed by atoms with Crippen LogP contribution < -0.4 is 14.2 Å². The number of methoxy groups -OCH3 is 2.